The van der Waals surface area contributed by atoms with E-state index in [1.54, 1.807) is 0 Å². The van der Waals surface area contributed by atoms with E-state index in [9.17, 15) is 4.79 Å². The lowest BCUT2D eigenvalue weighted by atomic mass is 9.96. The molecule has 1 amide bonds. The molecule has 1 rings (SSSR count). The highest BCUT2D eigenvalue weighted by Gasteiger charge is 2.12. The molecule has 0 aromatic heterocycles. The minimum absolute atomic E-state index is 0. The van der Waals surface area contributed by atoms with Crippen LogP contribution in [0.1, 0.15) is 30.7 Å². The fraction of sp³-hybridized carbons (Fsp3) is 0.533. The Morgan fingerprint density at radius 2 is 2.00 bits per heavy atom. The molecule has 0 radical (unpaired) electrons. The molecule has 1 atom stereocenters. The fourth-order valence-corrected chi connectivity index (χ4v) is 2.02. The number of nitrogens with one attached hydrogen (secondary N) is 2. The van der Waals surface area contributed by atoms with Crippen molar-refractivity contribution >= 4 is 18.3 Å². The lowest BCUT2D eigenvalue weighted by molar-refractivity contribution is -0.121. The first-order chi connectivity index (χ1) is 9.27. The first-order valence-electron chi connectivity index (χ1n) is 6.85. The third-order valence-electron chi connectivity index (χ3n) is 3.12. The van der Waals surface area contributed by atoms with Gasteiger partial charge in [0.25, 0.3) is 0 Å². The van der Waals surface area contributed by atoms with Crippen molar-refractivity contribution in [1.29, 1.82) is 0 Å². The van der Waals surface area contributed by atoms with Crippen LogP contribution < -0.4 is 10.6 Å². The predicted molar refractivity (Wildman–Crippen MR) is 84.3 cm³/mol. The molecule has 1 unspecified atom stereocenters. The zero-order valence-corrected chi connectivity index (χ0v) is 12.8. The van der Waals surface area contributed by atoms with Crippen molar-refractivity contribution in [1.82, 2.24) is 10.6 Å². The Labute approximate surface area is 127 Å². The highest BCUT2D eigenvalue weighted by Crippen LogP contribution is 2.18. The van der Waals surface area contributed by atoms with Crippen LogP contribution in [-0.4, -0.2) is 37.8 Å². The number of carbonyl (C=O) groups is 1. The lowest BCUT2D eigenvalue weighted by Crippen LogP contribution is -2.29. The Morgan fingerprint density at radius 1 is 1.30 bits per heavy atom. The number of benzene rings is 1. The third-order valence-corrected chi connectivity index (χ3v) is 3.12. The van der Waals surface area contributed by atoms with Crippen LogP contribution in [0, 0.1) is 0 Å². The van der Waals surface area contributed by atoms with Crippen molar-refractivity contribution in [2.24, 2.45) is 0 Å². The van der Waals surface area contributed by atoms with Gasteiger partial charge in [-0.3, -0.25) is 4.79 Å². The second-order valence-corrected chi connectivity index (χ2v) is 4.63. The maximum atomic E-state index is 11.7. The minimum atomic E-state index is 0. The fourth-order valence-electron chi connectivity index (χ4n) is 2.02. The van der Waals surface area contributed by atoms with Crippen LogP contribution in [0.25, 0.3) is 0 Å². The Bertz CT molecular complexity index is 360. The van der Waals surface area contributed by atoms with E-state index in [4.69, 9.17) is 5.11 Å². The maximum Gasteiger partial charge on any atom is 0.220 e. The average Bonchev–Trinajstić information content (AvgIpc) is 2.44. The van der Waals surface area contributed by atoms with Crippen molar-refractivity contribution in [3.63, 3.8) is 0 Å². The summed E-state index contributed by atoms with van der Waals surface area (Å²) in [6.45, 7) is 1.57. The van der Waals surface area contributed by atoms with E-state index in [2.05, 4.69) is 10.6 Å². The third kappa shape index (κ3) is 7.48. The molecule has 0 saturated carbocycles. The molecule has 0 saturated heterocycles. The lowest BCUT2D eigenvalue weighted by Gasteiger charge is -2.17. The van der Waals surface area contributed by atoms with Crippen molar-refractivity contribution in [3.8, 4) is 0 Å². The topological polar surface area (TPSA) is 61.4 Å². The molecule has 0 aliphatic heterocycles. The summed E-state index contributed by atoms with van der Waals surface area (Å²) in [6, 6.07) is 10.00. The molecule has 114 valence electrons. The van der Waals surface area contributed by atoms with E-state index in [0.717, 1.165) is 18.5 Å². The average molecular weight is 301 g/mol. The van der Waals surface area contributed by atoms with Gasteiger partial charge in [-0.25, -0.2) is 0 Å². The summed E-state index contributed by atoms with van der Waals surface area (Å²) in [5.41, 5.74) is 1.16. The van der Waals surface area contributed by atoms with Gasteiger partial charge in [0.05, 0.1) is 0 Å². The van der Waals surface area contributed by atoms with Crippen LogP contribution in [0.5, 0.6) is 0 Å². The molecule has 5 heteroatoms. The SMILES string of the molecule is CNCCCC(=O)NCC(CCO)c1ccccc1.Cl. The molecule has 0 aliphatic rings. The largest absolute Gasteiger partial charge is 0.396 e. The highest BCUT2D eigenvalue weighted by molar-refractivity contribution is 5.85. The van der Waals surface area contributed by atoms with Crippen LogP contribution >= 0.6 is 12.4 Å². The molecule has 0 spiro atoms. The predicted octanol–water partition coefficient (Wildman–Crippen LogP) is 1.69. The van der Waals surface area contributed by atoms with E-state index >= 15 is 0 Å². The van der Waals surface area contributed by atoms with E-state index in [1.807, 2.05) is 37.4 Å². The Kier molecular flexibility index (Phi) is 11.1. The number of hydrogen-bond donors (Lipinski definition) is 3. The Balaban J connectivity index is 0.00000361. The standard InChI is InChI=1S/C15H24N2O2.ClH/c1-16-10-5-8-15(19)17-12-14(9-11-18)13-6-3-2-4-7-13;/h2-4,6-7,14,16,18H,5,8-12H2,1H3,(H,17,19);1H. The number of aliphatic hydroxyl groups is 1. The number of halogens is 1. The molecular weight excluding hydrogens is 276 g/mol. The second-order valence-electron chi connectivity index (χ2n) is 4.63. The molecule has 4 nitrogen and oxygen atoms in total. The Hall–Kier alpha value is -1.10. The van der Waals surface area contributed by atoms with Gasteiger partial charge in [0.1, 0.15) is 0 Å². The smallest absolute Gasteiger partial charge is 0.220 e. The second kappa shape index (κ2) is 11.7. The van der Waals surface area contributed by atoms with Gasteiger partial charge in [-0.1, -0.05) is 30.3 Å². The first-order valence-corrected chi connectivity index (χ1v) is 6.85. The van der Waals surface area contributed by atoms with Crippen LogP contribution in [0.2, 0.25) is 0 Å². The van der Waals surface area contributed by atoms with Gasteiger partial charge in [0, 0.05) is 25.5 Å². The summed E-state index contributed by atoms with van der Waals surface area (Å²) in [5.74, 6) is 0.258. The van der Waals surface area contributed by atoms with E-state index < -0.39 is 0 Å². The molecule has 0 fully saturated rings. The molecule has 0 heterocycles. The molecule has 20 heavy (non-hydrogen) atoms. The number of rotatable bonds is 9. The van der Waals surface area contributed by atoms with Crippen molar-refractivity contribution in [3.05, 3.63) is 35.9 Å². The minimum Gasteiger partial charge on any atom is -0.396 e. The summed E-state index contributed by atoms with van der Waals surface area (Å²) in [5, 5.41) is 15.1. The molecule has 1 aromatic rings. The zero-order valence-electron chi connectivity index (χ0n) is 12.0. The molecular formula is C15H25ClN2O2. The van der Waals surface area contributed by atoms with Crippen LogP contribution in [0.4, 0.5) is 0 Å². The first kappa shape index (κ1) is 18.9. The number of hydrogen-bond acceptors (Lipinski definition) is 3. The van der Waals surface area contributed by atoms with Crippen LogP contribution in [-0.2, 0) is 4.79 Å². The van der Waals surface area contributed by atoms with Gasteiger partial charge in [0.15, 0.2) is 0 Å². The Morgan fingerprint density at radius 3 is 2.60 bits per heavy atom. The van der Waals surface area contributed by atoms with Gasteiger partial charge in [-0.05, 0) is 32.0 Å². The van der Waals surface area contributed by atoms with Crippen LogP contribution in [0.3, 0.4) is 0 Å². The van der Waals surface area contributed by atoms with Gasteiger partial charge in [-0.15, -0.1) is 12.4 Å². The van der Waals surface area contributed by atoms with Crippen molar-refractivity contribution in [2.75, 3.05) is 26.7 Å². The molecule has 0 aliphatic carbocycles. The van der Waals surface area contributed by atoms with Gasteiger partial charge in [0.2, 0.25) is 5.91 Å². The van der Waals surface area contributed by atoms with Crippen molar-refractivity contribution in [2.45, 2.75) is 25.2 Å². The molecule has 3 N–H and O–H groups in total. The highest BCUT2D eigenvalue weighted by atomic mass is 35.5. The maximum absolute atomic E-state index is 11.7. The van der Waals surface area contributed by atoms with Gasteiger partial charge < -0.3 is 15.7 Å². The van der Waals surface area contributed by atoms with Crippen LogP contribution in [0.15, 0.2) is 30.3 Å². The van der Waals surface area contributed by atoms with Gasteiger partial charge >= 0.3 is 0 Å². The number of carbonyl (C=O) groups excluding carboxylic acids is 1. The van der Waals surface area contributed by atoms with Gasteiger partial charge in [-0.2, -0.15) is 0 Å². The summed E-state index contributed by atoms with van der Waals surface area (Å²) >= 11 is 0. The summed E-state index contributed by atoms with van der Waals surface area (Å²) in [6.07, 6.45) is 2.06. The van der Waals surface area contributed by atoms with Crippen molar-refractivity contribution < 1.29 is 9.90 Å². The molecule has 1 aromatic carbocycles. The molecule has 0 bridgehead atoms. The van der Waals surface area contributed by atoms with E-state index in [0.29, 0.717) is 19.4 Å². The normalized spacial score (nSPS) is 11.5. The van der Waals surface area contributed by atoms with E-state index in [1.165, 1.54) is 0 Å². The summed E-state index contributed by atoms with van der Waals surface area (Å²) < 4.78 is 0. The van der Waals surface area contributed by atoms with E-state index in [-0.39, 0.29) is 30.8 Å². The number of aliphatic hydroxyl groups excluding tert-OH is 1. The monoisotopic (exact) mass is 300 g/mol. The zero-order chi connectivity index (χ0) is 13.9. The summed E-state index contributed by atoms with van der Waals surface area (Å²) in [7, 11) is 1.88. The number of amides is 1. The quantitative estimate of drug-likeness (QED) is 0.608. The summed E-state index contributed by atoms with van der Waals surface area (Å²) in [4.78, 5) is 11.7.